The molecule has 5 rings (SSSR count). The van der Waals surface area contributed by atoms with Crippen molar-refractivity contribution in [2.75, 3.05) is 0 Å². The van der Waals surface area contributed by atoms with Crippen molar-refractivity contribution < 1.29 is 47.7 Å². The van der Waals surface area contributed by atoms with E-state index in [2.05, 4.69) is 9.47 Å². The van der Waals surface area contributed by atoms with Gasteiger partial charge in [-0.15, -0.1) is 0 Å². The number of esters is 6. The van der Waals surface area contributed by atoms with E-state index in [0.29, 0.717) is 0 Å². The predicted molar refractivity (Wildman–Crippen MR) is 131 cm³/mol. The maximum absolute atomic E-state index is 12.4. The third-order valence-electron chi connectivity index (χ3n) is 5.01. The maximum Gasteiger partial charge on any atom is 0.346 e. The molecular formula is C28H22O10. The molecule has 0 saturated heterocycles. The number of fused-ring (bicyclic) bond motifs is 2. The average molecular weight is 518 g/mol. The van der Waals surface area contributed by atoms with E-state index in [9.17, 15) is 28.8 Å². The van der Waals surface area contributed by atoms with Gasteiger partial charge in [-0.1, -0.05) is 27.7 Å². The van der Waals surface area contributed by atoms with Gasteiger partial charge in [0, 0.05) is 0 Å². The summed E-state index contributed by atoms with van der Waals surface area (Å²) >= 11 is 0. The van der Waals surface area contributed by atoms with E-state index >= 15 is 0 Å². The first-order valence-corrected chi connectivity index (χ1v) is 11.7. The molecule has 0 fully saturated rings. The van der Waals surface area contributed by atoms with Gasteiger partial charge < -0.3 is 18.9 Å². The Morgan fingerprint density at radius 2 is 0.816 bits per heavy atom. The van der Waals surface area contributed by atoms with Crippen molar-refractivity contribution in [2.45, 2.75) is 27.7 Å². The summed E-state index contributed by atoms with van der Waals surface area (Å²) in [5, 5.41) is 0. The molecule has 2 heterocycles. The van der Waals surface area contributed by atoms with Crippen molar-refractivity contribution in [1.82, 2.24) is 0 Å². The van der Waals surface area contributed by atoms with Crippen LogP contribution >= 0.6 is 0 Å². The lowest BCUT2D eigenvalue weighted by Gasteiger charge is -2.07. The van der Waals surface area contributed by atoms with Gasteiger partial charge in [0.05, 0.1) is 33.4 Å². The molecule has 0 aromatic heterocycles. The molecule has 0 N–H and O–H groups in total. The first kappa shape index (κ1) is 27.5. The summed E-state index contributed by atoms with van der Waals surface area (Å²) in [6.45, 7) is 8.00. The Labute approximate surface area is 217 Å². The van der Waals surface area contributed by atoms with Crippen molar-refractivity contribution in [3.63, 3.8) is 0 Å². The van der Waals surface area contributed by atoms with Gasteiger partial charge in [0.2, 0.25) is 0 Å². The largest absolute Gasteiger partial charge is 0.423 e. The average Bonchev–Trinajstić information content (AvgIpc) is 3.40. The van der Waals surface area contributed by atoms with Crippen LogP contribution in [0.4, 0.5) is 0 Å². The molecule has 10 nitrogen and oxygen atoms in total. The van der Waals surface area contributed by atoms with Crippen LogP contribution in [0.3, 0.4) is 0 Å². The molecule has 0 amide bonds. The number of rotatable bonds is 4. The van der Waals surface area contributed by atoms with Crippen LogP contribution in [0.1, 0.15) is 89.8 Å². The van der Waals surface area contributed by atoms with Crippen LogP contribution in [0.5, 0.6) is 11.5 Å². The van der Waals surface area contributed by atoms with Crippen molar-refractivity contribution >= 4 is 35.8 Å². The second kappa shape index (κ2) is 11.7. The summed E-state index contributed by atoms with van der Waals surface area (Å²) in [7, 11) is 0. The molecule has 0 saturated carbocycles. The van der Waals surface area contributed by atoms with Crippen molar-refractivity contribution in [3.8, 4) is 11.5 Å². The number of hydrogen-bond acceptors (Lipinski definition) is 10. The predicted octanol–water partition coefficient (Wildman–Crippen LogP) is 4.80. The fourth-order valence-electron chi connectivity index (χ4n) is 3.33. The zero-order valence-electron chi connectivity index (χ0n) is 20.9. The minimum Gasteiger partial charge on any atom is -0.423 e. The lowest BCUT2D eigenvalue weighted by molar-refractivity contribution is 0.0425. The number of carbonyl (C=O) groups excluding carboxylic acids is 6. The fraction of sp³-hybridized carbons (Fsp3) is 0.143. The summed E-state index contributed by atoms with van der Waals surface area (Å²) in [5.74, 6) is -4.54. The molecule has 38 heavy (non-hydrogen) atoms. The smallest absolute Gasteiger partial charge is 0.346 e. The zero-order chi connectivity index (χ0) is 28.0. The van der Waals surface area contributed by atoms with Gasteiger partial charge in [-0.2, -0.15) is 0 Å². The minimum absolute atomic E-state index is 0.0223. The van der Waals surface area contributed by atoms with E-state index in [1.165, 1.54) is 60.7 Å². The van der Waals surface area contributed by atoms with Crippen molar-refractivity contribution in [2.24, 2.45) is 0 Å². The summed E-state index contributed by atoms with van der Waals surface area (Å²) in [5.41, 5.74) is 0.167. The first-order valence-electron chi connectivity index (χ1n) is 11.7. The highest BCUT2D eigenvalue weighted by Crippen LogP contribution is 2.25. The second-order valence-corrected chi connectivity index (χ2v) is 7.13. The van der Waals surface area contributed by atoms with Crippen molar-refractivity contribution in [3.05, 3.63) is 94.0 Å². The third-order valence-corrected chi connectivity index (χ3v) is 5.01. The number of ether oxygens (including phenoxy) is 4. The fourth-order valence-corrected chi connectivity index (χ4v) is 3.33. The monoisotopic (exact) mass is 518 g/mol. The van der Waals surface area contributed by atoms with Gasteiger partial charge >= 0.3 is 35.8 Å². The van der Waals surface area contributed by atoms with Gasteiger partial charge in [0.1, 0.15) is 11.5 Å². The van der Waals surface area contributed by atoms with Gasteiger partial charge in [-0.3, -0.25) is 0 Å². The first-order chi connectivity index (χ1) is 18.3. The molecule has 3 aromatic carbocycles. The summed E-state index contributed by atoms with van der Waals surface area (Å²) < 4.78 is 19.4. The van der Waals surface area contributed by atoms with E-state index in [4.69, 9.17) is 9.47 Å². The van der Waals surface area contributed by atoms with Gasteiger partial charge in [-0.25, -0.2) is 28.8 Å². The van der Waals surface area contributed by atoms with E-state index in [-0.39, 0.29) is 44.9 Å². The quantitative estimate of drug-likeness (QED) is 0.269. The zero-order valence-corrected chi connectivity index (χ0v) is 20.9. The number of cyclic esters (lactones) is 4. The lowest BCUT2D eigenvalue weighted by Crippen LogP contribution is -2.11. The summed E-state index contributed by atoms with van der Waals surface area (Å²) in [4.78, 5) is 71.1. The van der Waals surface area contributed by atoms with Crippen LogP contribution < -0.4 is 9.47 Å². The Kier molecular flexibility index (Phi) is 8.49. The van der Waals surface area contributed by atoms with Crippen LogP contribution in [0.25, 0.3) is 0 Å². The molecule has 0 bridgehead atoms. The Morgan fingerprint density at radius 3 is 1.16 bits per heavy atom. The highest BCUT2D eigenvalue weighted by molar-refractivity contribution is 6.16. The molecule has 2 aliphatic heterocycles. The molecule has 0 unspecified atom stereocenters. The standard InChI is InChI=1S/C24H10O10.2C2H6/c25-19(11-1-7-15-17(9-11)23(29)33-21(15)27)31-13-3-5-14(6-4-13)32-20(26)12-2-8-16-18(10-12)24(30)34-22(16)28;2*1-2/h1-10H;2*1-2H3. The molecule has 0 aliphatic carbocycles. The normalized spacial score (nSPS) is 12.5. The van der Waals surface area contributed by atoms with Gasteiger partial charge in [0.15, 0.2) is 0 Å². The summed E-state index contributed by atoms with van der Waals surface area (Å²) in [6.07, 6.45) is 0. The SMILES string of the molecule is CC.CC.O=C(Oc1ccc(OC(=O)c2ccc3c(c2)C(=O)OC3=O)cc1)c1ccc2c(c1)C(=O)OC2=O. The molecule has 0 spiro atoms. The highest BCUT2D eigenvalue weighted by Gasteiger charge is 2.31. The Bertz CT molecular complexity index is 1340. The van der Waals surface area contributed by atoms with E-state index in [1.54, 1.807) is 0 Å². The minimum atomic E-state index is -0.840. The summed E-state index contributed by atoms with van der Waals surface area (Å²) in [6, 6.07) is 13.2. The Balaban J connectivity index is 0.000000956. The van der Waals surface area contributed by atoms with E-state index in [1.807, 2.05) is 27.7 Å². The third kappa shape index (κ3) is 5.49. The molecule has 3 aromatic rings. The van der Waals surface area contributed by atoms with Gasteiger partial charge in [-0.05, 0) is 60.7 Å². The molecule has 0 radical (unpaired) electrons. The Morgan fingerprint density at radius 1 is 0.500 bits per heavy atom. The Hall–Kier alpha value is -5.12. The number of hydrogen-bond donors (Lipinski definition) is 0. The molecule has 194 valence electrons. The van der Waals surface area contributed by atoms with Crippen LogP contribution in [0, 0.1) is 0 Å². The molecule has 2 aliphatic rings. The second-order valence-electron chi connectivity index (χ2n) is 7.13. The van der Waals surface area contributed by atoms with Crippen molar-refractivity contribution in [1.29, 1.82) is 0 Å². The number of carbonyl (C=O) groups is 6. The van der Waals surface area contributed by atoms with E-state index < -0.39 is 35.8 Å². The molecule has 10 heteroatoms. The highest BCUT2D eigenvalue weighted by atomic mass is 16.6. The van der Waals surface area contributed by atoms with Crippen LogP contribution in [-0.2, 0) is 9.47 Å². The van der Waals surface area contributed by atoms with Gasteiger partial charge in [0.25, 0.3) is 0 Å². The van der Waals surface area contributed by atoms with Crippen LogP contribution in [0.15, 0.2) is 60.7 Å². The lowest BCUT2D eigenvalue weighted by atomic mass is 10.1. The molecular weight excluding hydrogens is 496 g/mol. The number of benzene rings is 3. The topological polar surface area (TPSA) is 139 Å². The van der Waals surface area contributed by atoms with E-state index in [0.717, 1.165) is 0 Å². The van der Waals surface area contributed by atoms with Crippen LogP contribution in [-0.4, -0.2) is 35.8 Å². The maximum atomic E-state index is 12.4. The molecule has 0 atom stereocenters. The van der Waals surface area contributed by atoms with Crippen LogP contribution in [0.2, 0.25) is 0 Å².